The van der Waals surface area contributed by atoms with E-state index in [0.29, 0.717) is 12.3 Å². The summed E-state index contributed by atoms with van der Waals surface area (Å²) in [6.07, 6.45) is 0.120. The molecule has 1 atom stereocenters. The van der Waals surface area contributed by atoms with Gasteiger partial charge < -0.3 is 15.0 Å². The highest BCUT2D eigenvalue weighted by Crippen LogP contribution is 2.30. The number of benzene rings is 2. The Labute approximate surface area is 199 Å². The standard InChI is InChI=1S/C24H29N3O6S/c1-4-25-23(29)17(2)26(16-18-11-13-19(33-3)14-12-18)22(28)10-7-15-27-24(30)20-8-5-6-9-21(20)34(27,31)32/h5-6,8-9,11-14,17H,4,7,10,15-16H2,1-3H3,(H,25,29)/t17-/m0/s1. The van der Waals surface area contributed by atoms with E-state index in [9.17, 15) is 22.8 Å². The van der Waals surface area contributed by atoms with Crippen molar-refractivity contribution in [2.75, 3.05) is 20.2 Å². The van der Waals surface area contributed by atoms with Gasteiger partial charge in [-0.05, 0) is 50.1 Å². The van der Waals surface area contributed by atoms with Crippen LogP contribution in [0.25, 0.3) is 0 Å². The average molecular weight is 488 g/mol. The van der Waals surface area contributed by atoms with E-state index in [1.165, 1.54) is 17.0 Å². The summed E-state index contributed by atoms with van der Waals surface area (Å²) in [5.74, 6) is -0.502. The second-order valence-corrected chi connectivity index (χ2v) is 9.75. The molecule has 182 valence electrons. The van der Waals surface area contributed by atoms with Gasteiger partial charge in [0.15, 0.2) is 0 Å². The van der Waals surface area contributed by atoms with Crippen LogP contribution in [0.2, 0.25) is 0 Å². The Kier molecular flexibility index (Phi) is 7.93. The molecule has 0 bridgehead atoms. The molecule has 0 saturated heterocycles. The monoisotopic (exact) mass is 487 g/mol. The van der Waals surface area contributed by atoms with Gasteiger partial charge in [-0.1, -0.05) is 24.3 Å². The van der Waals surface area contributed by atoms with Crippen molar-refractivity contribution in [1.29, 1.82) is 0 Å². The molecule has 9 nitrogen and oxygen atoms in total. The Morgan fingerprint density at radius 1 is 1.12 bits per heavy atom. The molecular weight excluding hydrogens is 458 g/mol. The highest BCUT2D eigenvalue weighted by molar-refractivity contribution is 7.90. The van der Waals surface area contributed by atoms with E-state index in [1.807, 2.05) is 12.1 Å². The van der Waals surface area contributed by atoms with Crippen LogP contribution in [0.5, 0.6) is 5.75 Å². The summed E-state index contributed by atoms with van der Waals surface area (Å²) in [5.41, 5.74) is 0.956. The van der Waals surface area contributed by atoms with Crippen molar-refractivity contribution < 1.29 is 27.5 Å². The Morgan fingerprint density at radius 2 is 1.79 bits per heavy atom. The molecule has 3 amide bonds. The number of nitrogens with one attached hydrogen (secondary N) is 1. The van der Waals surface area contributed by atoms with Crippen molar-refractivity contribution in [3.05, 3.63) is 59.7 Å². The van der Waals surface area contributed by atoms with Crippen LogP contribution in [0.4, 0.5) is 0 Å². The molecule has 0 spiro atoms. The molecule has 0 aromatic heterocycles. The number of carbonyl (C=O) groups excluding carboxylic acids is 3. The summed E-state index contributed by atoms with van der Waals surface area (Å²) in [6.45, 7) is 3.97. The maximum absolute atomic E-state index is 13.1. The van der Waals surface area contributed by atoms with E-state index >= 15 is 0 Å². The van der Waals surface area contributed by atoms with E-state index in [0.717, 1.165) is 9.87 Å². The largest absolute Gasteiger partial charge is 0.497 e. The van der Waals surface area contributed by atoms with Crippen LogP contribution in [0.15, 0.2) is 53.4 Å². The number of ether oxygens (including phenoxy) is 1. The van der Waals surface area contributed by atoms with E-state index in [4.69, 9.17) is 4.74 Å². The molecule has 0 aliphatic carbocycles. The van der Waals surface area contributed by atoms with E-state index in [-0.39, 0.29) is 48.2 Å². The zero-order chi connectivity index (χ0) is 24.9. The van der Waals surface area contributed by atoms with Crippen LogP contribution in [-0.4, -0.2) is 61.6 Å². The number of hydrogen-bond donors (Lipinski definition) is 1. The summed E-state index contributed by atoms with van der Waals surface area (Å²) in [5, 5.41) is 2.73. The van der Waals surface area contributed by atoms with E-state index < -0.39 is 22.0 Å². The molecule has 0 saturated carbocycles. The summed E-state index contributed by atoms with van der Waals surface area (Å²) in [7, 11) is -2.36. The summed E-state index contributed by atoms with van der Waals surface area (Å²) < 4.78 is 31.4. The summed E-state index contributed by atoms with van der Waals surface area (Å²) in [6, 6.07) is 12.5. The van der Waals surface area contributed by atoms with Gasteiger partial charge in [-0.3, -0.25) is 14.4 Å². The zero-order valence-electron chi connectivity index (χ0n) is 19.5. The van der Waals surface area contributed by atoms with Gasteiger partial charge >= 0.3 is 0 Å². The number of nitrogens with zero attached hydrogens (tertiary/aromatic N) is 2. The molecular formula is C24H29N3O6S. The van der Waals surface area contributed by atoms with Crippen molar-refractivity contribution in [3.63, 3.8) is 0 Å². The Morgan fingerprint density at radius 3 is 2.41 bits per heavy atom. The number of rotatable bonds is 10. The number of hydrogen-bond acceptors (Lipinski definition) is 6. The molecule has 2 aromatic rings. The average Bonchev–Trinajstić information content (AvgIpc) is 3.03. The molecule has 0 radical (unpaired) electrons. The van der Waals surface area contributed by atoms with Crippen molar-refractivity contribution >= 4 is 27.7 Å². The SMILES string of the molecule is CCNC(=O)[C@H](C)N(Cc1ccc(OC)cc1)C(=O)CCCN1C(=O)c2ccccc2S1(=O)=O. The van der Waals surface area contributed by atoms with Crippen LogP contribution in [0.1, 0.15) is 42.6 Å². The minimum absolute atomic E-state index is 0.0164. The molecule has 3 rings (SSSR count). The van der Waals surface area contributed by atoms with E-state index in [2.05, 4.69) is 5.32 Å². The lowest BCUT2D eigenvalue weighted by Crippen LogP contribution is -2.47. The summed E-state index contributed by atoms with van der Waals surface area (Å²) >= 11 is 0. The third-order valence-corrected chi connectivity index (χ3v) is 7.53. The smallest absolute Gasteiger partial charge is 0.269 e. The maximum Gasteiger partial charge on any atom is 0.269 e. The first-order valence-corrected chi connectivity index (χ1v) is 12.5. The number of sulfonamides is 1. The topological polar surface area (TPSA) is 113 Å². The molecule has 10 heteroatoms. The highest BCUT2D eigenvalue weighted by Gasteiger charge is 2.40. The second-order valence-electron chi connectivity index (χ2n) is 7.92. The first-order valence-electron chi connectivity index (χ1n) is 11.1. The third kappa shape index (κ3) is 5.22. The van der Waals surface area contributed by atoms with Crippen molar-refractivity contribution in [1.82, 2.24) is 14.5 Å². The number of fused-ring (bicyclic) bond motifs is 1. The predicted molar refractivity (Wildman–Crippen MR) is 126 cm³/mol. The first-order chi connectivity index (χ1) is 16.2. The Balaban J connectivity index is 1.70. The molecule has 1 N–H and O–H groups in total. The lowest BCUT2D eigenvalue weighted by Gasteiger charge is -2.29. The van der Waals surface area contributed by atoms with Crippen LogP contribution in [-0.2, 0) is 26.2 Å². The second kappa shape index (κ2) is 10.7. The van der Waals surface area contributed by atoms with Crippen LogP contribution in [0.3, 0.4) is 0 Å². The molecule has 1 aliphatic heterocycles. The molecule has 1 aliphatic rings. The lowest BCUT2D eigenvalue weighted by atomic mass is 10.1. The van der Waals surface area contributed by atoms with E-state index in [1.54, 1.807) is 45.2 Å². The van der Waals surface area contributed by atoms with Crippen LogP contribution >= 0.6 is 0 Å². The lowest BCUT2D eigenvalue weighted by molar-refractivity contribution is -0.140. The Bertz CT molecular complexity index is 1160. The predicted octanol–water partition coefficient (Wildman–Crippen LogP) is 2.17. The normalized spacial score (nSPS) is 14.9. The van der Waals surface area contributed by atoms with Gasteiger partial charge in [0, 0.05) is 26.1 Å². The van der Waals surface area contributed by atoms with Gasteiger partial charge in [-0.25, -0.2) is 12.7 Å². The summed E-state index contributed by atoms with van der Waals surface area (Å²) in [4.78, 5) is 39.6. The van der Waals surface area contributed by atoms with Gasteiger partial charge in [0.1, 0.15) is 16.7 Å². The van der Waals surface area contributed by atoms with Gasteiger partial charge in [-0.2, -0.15) is 0 Å². The van der Waals surface area contributed by atoms with Gasteiger partial charge in [0.05, 0.1) is 12.7 Å². The number of carbonyl (C=O) groups is 3. The van der Waals surface area contributed by atoms with Crippen molar-refractivity contribution in [2.45, 2.75) is 44.2 Å². The Hall–Kier alpha value is -3.40. The molecule has 2 aromatic carbocycles. The van der Waals surface area contributed by atoms with Gasteiger partial charge in [0.25, 0.3) is 15.9 Å². The maximum atomic E-state index is 13.1. The fraction of sp³-hybridized carbons (Fsp3) is 0.375. The molecule has 0 unspecified atom stereocenters. The van der Waals surface area contributed by atoms with Crippen LogP contribution in [0, 0.1) is 0 Å². The molecule has 0 fully saturated rings. The van der Waals surface area contributed by atoms with Gasteiger partial charge in [-0.15, -0.1) is 0 Å². The minimum atomic E-state index is -3.92. The quantitative estimate of drug-likeness (QED) is 0.550. The zero-order valence-corrected chi connectivity index (χ0v) is 20.3. The fourth-order valence-electron chi connectivity index (χ4n) is 3.80. The molecule has 34 heavy (non-hydrogen) atoms. The molecule has 1 heterocycles. The number of amides is 3. The number of likely N-dealkylation sites (N-methyl/N-ethyl adjacent to an activating group) is 1. The third-order valence-electron chi connectivity index (χ3n) is 5.69. The van der Waals surface area contributed by atoms with Crippen molar-refractivity contribution in [2.24, 2.45) is 0 Å². The highest BCUT2D eigenvalue weighted by atomic mass is 32.2. The van der Waals surface area contributed by atoms with Crippen molar-refractivity contribution in [3.8, 4) is 5.75 Å². The fourth-order valence-corrected chi connectivity index (χ4v) is 5.41. The number of methoxy groups -OCH3 is 1. The van der Waals surface area contributed by atoms with Gasteiger partial charge in [0.2, 0.25) is 11.8 Å². The first kappa shape index (κ1) is 25.2. The minimum Gasteiger partial charge on any atom is -0.497 e. The van der Waals surface area contributed by atoms with Crippen LogP contribution < -0.4 is 10.1 Å².